The first-order valence-corrected chi connectivity index (χ1v) is 6.86. The number of phenolic OH excluding ortho intramolecular Hbond substituents is 1. The Morgan fingerprint density at radius 3 is 2.52 bits per heavy atom. The fourth-order valence-corrected chi connectivity index (χ4v) is 2.66. The molecule has 1 aliphatic carbocycles. The first-order chi connectivity index (χ1) is 9.82. The Bertz CT molecular complexity index is 509. The number of benzene rings is 1. The molecule has 0 aromatic heterocycles. The van der Waals surface area contributed by atoms with Gasteiger partial charge in [-0.05, 0) is 30.9 Å². The van der Waals surface area contributed by atoms with Crippen LogP contribution < -0.4 is 0 Å². The molecule has 1 fully saturated rings. The molecule has 0 spiro atoms. The first kappa shape index (κ1) is 15.8. The molecule has 1 aliphatic rings. The Labute approximate surface area is 122 Å². The van der Waals surface area contributed by atoms with Crippen molar-refractivity contribution in [3.63, 3.8) is 0 Å². The van der Waals surface area contributed by atoms with Crippen molar-refractivity contribution in [3.05, 3.63) is 29.3 Å². The number of aliphatic hydroxyl groups is 3. The van der Waals surface area contributed by atoms with E-state index in [1.807, 2.05) is 0 Å². The number of ether oxygens (including phenoxy) is 1. The van der Waals surface area contributed by atoms with Crippen LogP contribution in [-0.4, -0.2) is 50.8 Å². The van der Waals surface area contributed by atoms with Crippen LogP contribution in [0.5, 0.6) is 5.75 Å². The number of hydrogen-bond acceptors (Lipinski definition) is 6. The molecule has 21 heavy (non-hydrogen) atoms. The number of carbonyl (C=O) groups is 1. The highest BCUT2D eigenvalue weighted by Crippen LogP contribution is 2.29. The summed E-state index contributed by atoms with van der Waals surface area (Å²) in [6, 6.07) is 4.59. The van der Waals surface area contributed by atoms with Crippen molar-refractivity contribution in [3.8, 4) is 5.75 Å². The van der Waals surface area contributed by atoms with Crippen LogP contribution >= 0.6 is 0 Å². The second kappa shape index (κ2) is 6.01. The van der Waals surface area contributed by atoms with Crippen LogP contribution in [-0.2, 0) is 4.74 Å². The highest BCUT2D eigenvalue weighted by atomic mass is 16.6. The third-order valence-electron chi connectivity index (χ3n) is 3.96. The molecule has 6 nitrogen and oxygen atoms in total. The molecule has 0 radical (unpaired) electrons. The summed E-state index contributed by atoms with van der Waals surface area (Å²) in [7, 11) is 0. The fourth-order valence-electron chi connectivity index (χ4n) is 2.66. The SMILES string of the molecule is Cc1cccc(O)c1C(=O)OC1C(O)CC(C)C(O)C1O. The highest BCUT2D eigenvalue weighted by Gasteiger charge is 2.43. The Balaban J connectivity index is 2.19. The number of esters is 1. The van der Waals surface area contributed by atoms with Gasteiger partial charge in [-0.25, -0.2) is 4.79 Å². The second-order valence-corrected chi connectivity index (χ2v) is 5.60. The number of aromatic hydroxyl groups is 1. The molecular weight excluding hydrogens is 276 g/mol. The molecule has 2 rings (SSSR count). The number of phenols is 1. The zero-order chi connectivity index (χ0) is 15.7. The van der Waals surface area contributed by atoms with E-state index in [1.54, 1.807) is 26.0 Å². The summed E-state index contributed by atoms with van der Waals surface area (Å²) in [6.07, 6.45) is -4.50. The largest absolute Gasteiger partial charge is 0.507 e. The van der Waals surface area contributed by atoms with E-state index in [0.29, 0.717) is 5.56 Å². The van der Waals surface area contributed by atoms with Crippen LogP contribution in [0.3, 0.4) is 0 Å². The van der Waals surface area contributed by atoms with Gasteiger partial charge in [-0.1, -0.05) is 19.1 Å². The molecule has 4 N–H and O–H groups in total. The fraction of sp³-hybridized carbons (Fsp3) is 0.533. The standard InChI is InChI=1S/C15H20O6/c1-7-4-3-5-9(16)11(7)15(20)21-14-10(17)6-8(2)12(18)13(14)19/h3-5,8,10,12-14,16-19H,6H2,1-2H3. The van der Waals surface area contributed by atoms with E-state index in [4.69, 9.17) is 4.74 Å². The van der Waals surface area contributed by atoms with Crippen molar-refractivity contribution in [2.24, 2.45) is 5.92 Å². The Hall–Kier alpha value is -1.63. The minimum Gasteiger partial charge on any atom is -0.507 e. The molecule has 0 heterocycles. The van der Waals surface area contributed by atoms with E-state index >= 15 is 0 Å². The third kappa shape index (κ3) is 3.02. The summed E-state index contributed by atoms with van der Waals surface area (Å²) in [6.45, 7) is 3.34. The summed E-state index contributed by atoms with van der Waals surface area (Å²) in [5, 5.41) is 39.5. The van der Waals surface area contributed by atoms with Crippen molar-refractivity contribution >= 4 is 5.97 Å². The topological polar surface area (TPSA) is 107 Å². The minimum absolute atomic E-state index is 0.00925. The van der Waals surface area contributed by atoms with E-state index in [9.17, 15) is 25.2 Å². The lowest BCUT2D eigenvalue weighted by atomic mass is 9.82. The molecule has 1 aromatic carbocycles. The quantitative estimate of drug-likeness (QED) is 0.587. The molecule has 6 heteroatoms. The van der Waals surface area contributed by atoms with Gasteiger partial charge < -0.3 is 25.2 Å². The number of rotatable bonds is 2. The Kier molecular flexibility index (Phi) is 4.51. The maximum Gasteiger partial charge on any atom is 0.342 e. The normalized spacial score (nSPS) is 32.7. The molecule has 1 saturated carbocycles. The van der Waals surface area contributed by atoms with Gasteiger partial charge in [0.15, 0.2) is 6.10 Å². The zero-order valence-corrected chi connectivity index (χ0v) is 11.9. The van der Waals surface area contributed by atoms with Gasteiger partial charge in [-0.3, -0.25) is 0 Å². The van der Waals surface area contributed by atoms with Crippen LogP contribution in [0.2, 0.25) is 0 Å². The summed E-state index contributed by atoms with van der Waals surface area (Å²) in [5.41, 5.74) is 0.513. The monoisotopic (exact) mass is 296 g/mol. The predicted octanol–water partition coefficient (Wildman–Crippen LogP) is 0.349. The lowest BCUT2D eigenvalue weighted by Crippen LogP contribution is -2.54. The van der Waals surface area contributed by atoms with Gasteiger partial charge in [0.1, 0.15) is 17.4 Å². The zero-order valence-electron chi connectivity index (χ0n) is 11.9. The summed E-state index contributed by atoms with van der Waals surface area (Å²) < 4.78 is 5.12. The van der Waals surface area contributed by atoms with Gasteiger partial charge in [0, 0.05) is 0 Å². The van der Waals surface area contributed by atoms with Crippen LogP contribution in [0.4, 0.5) is 0 Å². The number of hydrogen-bond donors (Lipinski definition) is 4. The van der Waals surface area contributed by atoms with E-state index in [1.165, 1.54) is 6.07 Å². The van der Waals surface area contributed by atoms with Gasteiger partial charge in [0.25, 0.3) is 0 Å². The van der Waals surface area contributed by atoms with E-state index in [-0.39, 0.29) is 23.7 Å². The van der Waals surface area contributed by atoms with Gasteiger partial charge in [0.05, 0.1) is 12.2 Å². The predicted molar refractivity (Wildman–Crippen MR) is 73.8 cm³/mol. The molecule has 0 amide bonds. The van der Waals surface area contributed by atoms with Crippen LogP contribution in [0.15, 0.2) is 18.2 Å². The lowest BCUT2D eigenvalue weighted by Gasteiger charge is -2.38. The summed E-state index contributed by atoms with van der Waals surface area (Å²) in [4.78, 5) is 12.1. The molecule has 5 unspecified atom stereocenters. The average molecular weight is 296 g/mol. The Morgan fingerprint density at radius 1 is 1.24 bits per heavy atom. The van der Waals surface area contributed by atoms with Crippen molar-refractivity contribution in [2.45, 2.75) is 44.7 Å². The average Bonchev–Trinajstić information content (AvgIpc) is 2.41. The second-order valence-electron chi connectivity index (χ2n) is 5.60. The van der Waals surface area contributed by atoms with Crippen LogP contribution in [0, 0.1) is 12.8 Å². The smallest absolute Gasteiger partial charge is 0.342 e. The summed E-state index contributed by atoms with van der Waals surface area (Å²) >= 11 is 0. The highest BCUT2D eigenvalue weighted by molar-refractivity contribution is 5.94. The molecule has 0 aliphatic heterocycles. The van der Waals surface area contributed by atoms with E-state index in [2.05, 4.69) is 0 Å². The number of carbonyl (C=O) groups excluding carboxylic acids is 1. The van der Waals surface area contributed by atoms with Crippen molar-refractivity contribution < 1.29 is 30.0 Å². The molecule has 0 bridgehead atoms. The van der Waals surface area contributed by atoms with Crippen LogP contribution in [0.25, 0.3) is 0 Å². The van der Waals surface area contributed by atoms with Crippen LogP contribution in [0.1, 0.15) is 29.3 Å². The van der Waals surface area contributed by atoms with Crippen molar-refractivity contribution in [1.29, 1.82) is 0 Å². The lowest BCUT2D eigenvalue weighted by molar-refractivity contribution is -0.157. The van der Waals surface area contributed by atoms with Crippen molar-refractivity contribution in [2.75, 3.05) is 0 Å². The Morgan fingerprint density at radius 2 is 1.90 bits per heavy atom. The molecule has 1 aromatic rings. The van der Waals surface area contributed by atoms with Crippen molar-refractivity contribution in [1.82, 2.24) is 0 Å². The van der Waals surface area contributed by atoms with E-state index in [0.717, 1.165) is 0 Å². The molecule has 5 atom stereocenters. The van der Waals surface area contributed by atoms with E-state index < -0.39 is 30.4 Å². The van der Waals surface area contributed by atoms with Gasteiger partial charge in [-0.15, -0.1) is 0 Å². The van der Waals surface area contributed by atoms with Gasteiger partial charge >= 0.3 is 5.97 Å². The molecule has 0 saturated heterocycles. The molecule has 116 valence electrons. The van der Waals surface area contributed by atoms with Gasteiger partial charge in [-0.2, -0.15) is 0 Å². The number of aryl methyl sites for hydroxylation is 1. The third-order valence-corrected chi connectivity index (χ3v) is 3.96. The maximum absolute atomic E-state index is 12.1. The minimum atomic E-state index is -1.36. The van der Waals surface area contributed by atoms with Gasteiger partial charge in [0.2, 0.25) is 0 Å². The number of aliphatic hydroxyl groups excluding tert-OH is 3. The maximum atomic E-state index is 12.1. The summed E-state index contributed by atoms with van der Waals surface area (Å²) in [5.74, 6) is -1.36. The first-order valence-electron chi connectivity index (χ1n) is 6.86. The molecular formula is C15H20O6.